The van der Waals surface area contributed by atoms with Crippen LogP contribution in [-0.2, 0) is 6.54 Å². The molecule has 2 aromatic carbocycles. The number of fused-ring (bicyclic) bond motifs is 1. The first kappa shape index (κ1) is 17.0. The average molecular weight is 338 g/mol. The van der Waals surface area contributed by atoms with Crippen molar-refractivity contribution in [1.82, 2.24) is 4.90 Å². The Balaban J connectivity index is 1.80. The van der Waals surface area contributed by atoms with Crippen LogP contribution < -0.4 is 10.1 Å². The van der Waals surface area contributed by atoms with E-state index in [9.17, 15) is 9.59 Å². The third kappa shape index (κ3) is 3.50. The summed E-state index contributed by atoms with van der Waals surface area (Å²) in [6, 6.07) is 12.6. The number of amides is 2. The predicted molar refractivity (Wildman–Crippen MR) is 97.0 cm³/mol. The largest absolute Gasteiger partial charge is 0.494 e. The quantitative estimate of drug-likeness (QED) is 0.873. The molecule has 0 saturated carbocycles. The summed E-state index contributed by atoms with van der Waals surface area (Å²) in [5, 5.41) is 2.86. The first-order chi connectivity index (χ1) is 12.1. The van der Waals surface area contributed by atoms with Crippen molar-refractivity contribution in [3.8, 4) is 5.75 Å². The van der Waals surface area contributed by atoms with Crippen LogP contribution in [0, 0.1) is 0 Å². The number of rotatable bonds is 6. The van der Waals surface area contributed by atoms with E-state index in [4.69, 9.17) is 4.74 Å². The number of ether oxygens (including phenoxy) is 1. The summed E-state index contributed by atoms with van der Waals surface area (Å²) in [6.45, 7) is 5.83. The van der Waals surface area contributed by atoms with Crippen LogP contribution in [0.1, 0.15) is 46.5 Å². The van der Waals surface area contributed by atoms with E-state index in [1.165, 1.54) is 0 Å². The Hall–Kier alpha value is -2.82. The third-order valence-corrected chi connectivity index (χ3v) is 4.17. The van der Waals surface area contributed by atoms with Gasteiger partial charge in [-0.25, -0.2) is 0 Å². The zero-order valence-corrected chi connectivity index (χ0v) is 14.5. The molecule has 0 saturated heterocycles. The summed E-state index contributed by atoms with van der Waals surface area (Å²) < 4.78 is 5.40. The third-order valence-electron chi connectivity index (χ3n) is 4.17. The van der Waals surface area contributed by atoms with E-state index in [0.29, 0.717) is 36.5 Å². The Morgan fingerprint density at radius 2 is 1.92 bits per heavy atom. The number of hydrogen-bond donors (Lipinski definition) is 1. The van der Waals surface area contributed by atoms with Crippen molar-refractivity contribution in [2.75, 3.05) is 18.5 Å². The zero-order valence-electron chi connectivity index (χ0n) is 14.5. The van der Waals surface area contributed by atoms with Crippen molar-refractivity contribution in [3.63, 3.8) is 0 Å². The molecule has 130 valence electrons. The fourth-order valence-electron chi connectivity index (χ4n) is 3.06. The number of anilines is 1. The molecule has 0 fully saturated rings. The number of nitrogens with one attached hydrogen (secondary N) is 1. The van der Waals surface area contributed by atoms with Crippen molar-refractivity contribution in [2.24, 2.45) is 0 Å². The maximum absolute atomic E-state index is 12.7. The highest BCUT2D eigenvalue weighted by molar-refractivity contribution is 6.13. The molecule has 0 bridgehead atoms. The van der Waals surface area contributed by atoms with E-state index in [2.05, 4.69) is 5.32 Å². The van der Waals surface area contributed by atoms with E-state index in [1.807, 2.05) is 38.1 Å². The van der Waals surface area contributed by atoms with E-state index in [-0.39, 0.29) is 11.8 Å². The van der Waals surface area contributed by atoms with Crippen LogP contribution in [0.25, 0.3) is 0 Å². The predicted octanol–water partition coefficient (Wildman–Crippen LogP) is 3.70. The molecule has 0 atom stereocenters. The second-order valence-corrected chi connectivity index (χ2v) is 5.98. The highest BCUT2D eigenvalue weighted by atomic mass is 16.5. The fraction of sp³-hybridized carbons (Fsp3) is 0.300. The second kappa shape index (κ2) is 7.38. The average Bonchev–Trinajstić information content (AvgIpc) is 2.93. The van der Waals surface area contributed by atoms with E-state index in [1.54, 1.807) is 23.1 Å². The summed E-state index contributed by atoms with van der Waals surface area (Å²) in [5.41, 5.74) is 2.54. The molecule has 0 unspecified atom stereocenters. The molecule has 0 aromatic heterocycles. The molecule has 0 radical (unpaired) electrons. The molecular formula is C20H22N2O3. The van der Waals surface area contributed by atoms with Crippen LogP contribution in [-0.4, -0.2) is 29.9 Å². The molecule has 2 amide bonds. The topological polar surface area (TPSA) is 58.6 Å². The minimum absolute atomic E-state index is 0.0608. The van der Waals surface area contributed by atoms with E-state index in [0.717, 1.165) is 17.7 Å². The van der Waals surface area contributed by atoms with Gasteiger partial charge in [-0.3, -0.25) is 9.59 Å². The number of carbonyl (C=O) groups is 2. The van der Waals surface area contributed by atoms with Crippen LogP contribution in [0.15, 0.2) is 42.5 Å². The molecule has 1 aliphatic rings. The van der Waals surface area contributed by atoms with Gasteiger partial charge in [0.05, 0.1) is 17.7 Å². The highest BCUT2D eigenvalue weighted by Gasteiger charge is 2.31. The SMILES string of the molecule is CCCN1Cc2cccc(C(=O)Nc3ccc(OCC)cc3)c2C1=O. The van der Waals surface area contributed by atoms with Crippen LogP contribution in [0.3, 0.4) is 0 Å². The Kier molecular flexibility index (Phi) is 5.03. The van der Waals surface area contributed by atoms with Crippen molar-refractivity contribution >= 4 is 17.5 Å². The molecule has 1 aliphatic heterocycles. The number of benzene rings is 2. The molecule has 0 aliphatic carbocycles. The van der Waals surface area contributed by atoms with Gasteiger partial charge < -0.3 is 15.0 Å². The Bertz CT molecular complexity index is 784. The maximum Gasteiger partial charge on any atom is 0.256 e. The maximum atomic E-state index is 12.7. The summed E-state index contributed by atoms with van der Waals surface area (Å²) >= 11 is 0. The van der Waals surface area contributed by atoms with Gasteiger partial charge in [0.2, 0.25) is 0 Å². The number of hydrogen-bond acceptors (Lipinski definition) is 3. The summed E-state index contributed by atoms with van der Waals surface area (Å²) in [5.74, 6) is 0.425. The van der Waals surface area contributed by atoms with E-state index >= 15 is 0 Å². The summed E-state index contributed by atoms with van der Waals surface area (Å²) in [4.78, 5) is 27.1. The smallest absolute Gasteiger partial charge is 0.256 e. The van der Waals surface area contributed by atoms with Crippen molar-refractivity contribution in [1.29, 1.82) is 0 Å². The zero-order chi connectivity index (χ0) is 17.8. The van der Waals surface area contributed by atoms with Crippen LogP contribution in [0.2, 0.25) is 0 Å². The second-order valence-electron chi connectivity index (χ2n) is 5.98. The van der Waals surface area contributed by atoms with Gasteiger partial charge in [-0.15, -0.1) is 0 Å². The van der Waals surface area contributed by atoms with Gasteiger partial charge in [0.25, 0.3) is 11.8 Å². The van der Waals surface area contributed by atoms with Crippen LogP contribution >= 0.6 is 0 Å². The van der Waals surface area contributed by atoms with Gasteiger partial charge in [0, 0.05) is 18.8 Å². The lowest BCUT2D eigenvalue weighted by atomic mass is 10.0. The van der Waals surface area contributed by atoms with Gasteiger partial charge in [0.1, 0.15) is 5.75 Å². The molecule has 0 spiro atoms. The first-order valence-electron chi connectivity index (χ1n) is 8.59. The monoisotopic (exact) mass is 338 g/mol. The van der Waals surface area contributed by atoms with Crippen molar-refractivity contribution in [3.05, 3.63) is 59.2 Å². The highest BCUT2D eigenvalue weighted by Crippen LogP contribution is 2.27. The van der Waals surface area contributed by atoms with E-state index < -0.39 is 0 Å². The molecule has 5 heteroatoms. The lowest BCUT2D eigenvalue weighted by Gasteiger charge is -2.14. The number of nitrogens with zero attached hydrogens (tertiary/aromatic N) is 1. The lowest BCUT2D eigenvalue weighted by molar-refractivity contribution is 0.0774. The molecule has 2 aromatic rings. The van der Waals surface area contributed by atoms with Gasteiger partial charge in [0.15, 0.2) is 0 Å². The van der Waals surface area contributed by atoms with Gasteiger partial charge in [-0.2, -0.15) is 0 Å². The standard InChI is InChI=1S/C20H22N2O3/c1-3-12-22-13-14-6-5-7-17(18(14)20(22)24)19(23)21-15-8-10-16(11-9-15)25-4-2/h5-11H,3-4,12-13H2,1-2H3,(H,21,23). The van der Waals surface area contributed by atoms with Crippen molar-refractivity contribution in [2.45, 2.75) is 26.8 Å². The molecule has 3 rings (SSSR count). The van der Waals surface area contributed by atoms with Crippen molar-refractivity contribution < 1.29 is 14.3 Å². The molecule has 25 heavy (non-hydrogen) atoms. The summed E-state index contributed by atoms with van der Waals surface area (Å²) in [6.07, 6.45) is 0.896. The normalized spacial score (nSPS) is 12.9. The van der Waals surface area contributed by atoms with Gasteiger partial charge in [-0.05, 0) is 49.2 Å². The molecule has 5 nitrogen and oxygen atoms in total. The Labute approximate surface area is 147 Å². The van der Waals surface area contributed by atoms with Gasteiger partial charge in [-0.1, -0.05) is 19.1 Å². The van der Waals surface area contributed by atoms with Crippen LogP contribution in [0.5, 0.6) is 5.75 Å². The molecular weight excluding hydrogens is 316 g/mol. The Morgan fingerprint density at radius 1 is 1.16 bits per heavy atom. The molecule has 1 heterocycles. The number of carbonyl (C=O) groups excluding carboxylic acids is 2. The van der Waals surface area contributed by atoms with Gasteiger partial charge >= 0.3 is 0 Å². The fourth-order valence-corrected chi connectivity index (χ4v) is 3.06. The Morgan fingerprint density at radius 3 is 2.60 bits per heavy atom. The molecule has 1 N–H and O–H groups in total. The lowest BCUT2D eigenvalue weighted by Crippen LogP contribution is -2.26. The first-order valence-corrected chi connectivity index (χ1v) is 8.59. The summed E-state index contributed by atoms with van der Waals surface area (Å²) in [7, 11) is 0. The minimum atomic E-state index is -0.271. The van der Waals surface area contributed by atoms with Crippen LogP contribution in [0.4, 0.5) is 5.69 Å². The minimum Gasteiger partial charge on any atom is -0.494 e.